The Kier molecular flexibility index (Phi) is 3.31. The highest BCUT2D eigenvalue weighted by molar-refractivity contribution is 5.40. The van der Waals surface area contributed by atoms with Crippen molar-refractivity contribution in [3.63, 3.8) is 0 Å². The Balaban J connectivity index is 2.30. The quantitative estimate of drug-likeness (QED) is 0.587. The Hall–Kier alpha value is -1.26. The van der Waals surface area contributed by atoms with Gasteiger partial charge in [-0.05, 0) is 36.5 Å². The van der Waals surface area contributed by atoms with Crippen LogP contribution in [0.25, 0.3) is 0 Å². The molecule has 0 heterocycles. The van der Waals surface area contributed by atoms with Crippen LogP contribution in [0.15, 0.2) is 18.2 Å². The van der Waals surface area contributed by atoms with Crippen LogP contribution < -0.4 is 20.7 Å². The molecule has 0 aromatic heterocycles. The van der Waals surface area contributed by atoms with E-state index in [4.69, 9.17) is 15.3 Å². The van der Waals surface area contributed by atoms with Crippen molar-refractivity contribution in [3.05, 3.63) is 23.8 Å². The molecule has 1 atom stereocenters. The largest absolute Gasteiger partial charge is 0.497 e. The van der Waals surface area contributed by atoms with Crippen LogP contribution in [0.4, 0.5) is 0 Å². The number of hydrogen-bond acceptors (Lipinski definition) is 4. The van der Waals surface area contributed by atoms with E-state index in [1.54, 1.807) is 14.2 Å². The van der Waals surface area contributed by atoms with Crippen LogP contribution in [0.5, 0.6) is 11.5 Å². The molecule has 0 saturated heterocycles. The topological polar surface area (TPSA) is 56.5 Å². The van der Waals surface area contributed by atoms with Crippen LogP contribution in [-0.2, 0) is 0 Å². The van der Waals surface area contributed by atoms with Crippen LogP contribution in [0, 0.1) is 5.92 Å². The number of ether oxygens (including phenoxy) is 2. The molecule has 16 heavy (non-hydrogen) atoms. The van der Waals surface area contributed by atoms with Gasteiger partial charge in [-0.15, -0.1) is 0 Å². The number of methoxy groups -OCH3 is 2. The monoisotopic (exact) mass is 222 g/mol. The lowest BCUT2D eigenvalue weighted by Gasteiger charge is -2.17. The first-order valence-electron chi connectivity index (χ1n) is 5.47. The maximum Gasteiger partial charge on any atom is 0.122 e. The van der Waals surface area contributed by atoms with Gasteiger partial charge < -0.3 is 9.47 Å². The van der Waals surface area contributed by atoms with Gasteiger partial charge in [0.2, 0.25) is 0 Å². The fourth-order valence-electron chi connectivity index (χ4n) is 1.94. The number of rotatable bonds is 5. The minimum Gasteiger partial charge on any atom is -0.497 e. The van der Waals surface area contributed by atoms with Gasteiger partial charge in [-0.3, -0.25) is 11.3 Å². The third-order valence-electron chi connectivity index (χ3n) is 3.01. The van der Waals surface area contributed by atoms with E-state index in [9.17, 15) is 0 Å². The Bertz CT molecular complexity index is 342. The second-order valence-corrected chi connectivity index (χ2v) is 4.13. The molecule has 4 heteroatoms. The van der Waals surface area contributed by atoms with Crippen molar-refractivity contribution < 1.29 is 9.47 Å². The molecular weight excluding hydrogens is 204 g/mol. The molecule has 2 rings (SSSR count). The average molecular weight is 222 g/mol. The second kappa shape index (κ2) is 4.72. The Labute approximate surface area is 95.7 Å². The molecule has 1 aromatic rings. The SMILES string of the molecule is COc1cc(OC)cc(C(NN)C2CC2)c1. The number of benzene rings is 1. The standard InChI is InChI=1S/C12H18N2O2/c1-15-10-5-9(6-11(7-10)16-2)12(14-13)8-3-4-8/h5-8,12,14H,3-4,13H2,1-2H3. The van der Waals surface area contributed by atoms with Crippen molar-refractivity contribution in [1.82, 2.24) is 5.43 Å². The van der Waals surface area contributed by atoms with Gasteiger partial charge in [0.15, 0.2) is 0 Å². The number of nitrogens with one attached hydrogen (secondary N) is 1. The fraction of sp³-hybridized carbons (Fsp3) is 0.500. The van der Waals surface area contributed by atoms with Crippen molar-refractivity contribution in [3.8, 4) is 11.5 Å². The van der Waals surface area contributed by atoms with Gasteiger partial charge in [-0.25, -0.2) is 0 Å². The highest BCUT2D eigenvalue weighted by Crippen LogP contribution is 2.42. The molecule has 1 saturated carbocycles. The smallest absolute Gasteiger partial charge is 0.122 e. The summed E-state index contributed by atoms with van der Waals surface area (Å²) in [6.45, 7) is 0. The number of nitrogens with two attached hydrogens (primary N) is 1. The molecule has 4 nitrogen and oxygen atoms in total. The molecule has 88 valence electrons. The van der Waals surface area contributed by atoms with E-state index in [2.05, 4.69) is 5.43 Å². The molecule has 1 aromatic carbocycles. The lowest BCUT2D eigenvalue weighted by molar-refractivity contribution is 0.390. The number of hydrogen-bond donors (Lipinski definition) is 2. The fourth-order valence-corrected chi connectivity index (χ4v) is 1.94. The van der Waals surface area contributed by atoms with E-state index >= 15 is 0 Å². The Morgan fingerprint density at radius 3 is 2.12 bits per heavy atom. The summed E-state index contributed by atoms with van der Waals surface area (Å²) in [5.41, 5.74) is 4.00. The Morgan fingerprint density at radius 1 is 1.19 bits per heavy atom. The highest BCUT2D eigenvalue weighted by Gasteiger charge is 2.32. The summed E-state index contributed by atoms with van der Waals surface area (Å²) in [5, 5.41) is 0. The van der Waals surface area contributed by atoms with Gasteiger partial charge in [0.25, 0.3) is 0 Å². The number of hydrazine groups is 1. The zero-order valence-electron chi connectivity index (χ0n) is 9.69. The van der Waals surface area contributed by atoms with E-state index < -0.39 is 0 Å². The first-order valence-corrected chi connectivity index (χ1v) is 5.47. The van der Waals surface area contributed by atoms with Gasteiger partial charge in [0, 0.05) is 12.1 Å². The van der Waals surface area contributed by atoms with Gasteiger partial charge in [-0.2, -0.15) is 0 Å². The van der Waals surface area contributed by atoms with Crippen molar-refractivity contribution >= 4 is 0 Å². The van der Waals surface area contributed by atoms with Gasteiger partial charge in [0.1, 0.15) is 11.5 Å². The van der Waals surface area contributed by atoms with E-state index in [-0.39, 0.29) is 6.04 Å². The predicted molar refractivity (Wildman–Crippen MR) is 62.3 cm³/mol. The first kappa shape index (κ1) is 11.2. The van der Waals surface area contributed by atoms with Gasteiger partial charge in [0.05, 0.1) is 14.2 Å². The first-order chi connectivity index (χ1) is 7.78. The zero-order valence-corrected chi connectivity index (χ0v) is 9.69. The van der Waals surface area contributed by atoms with Crippen molar-refractivity contribution in [1.29, 1.82) is 0 Å². The van der Waals surface area contributed by atoms with Crippen LogP contribution in [0.2, 0.25) is 0 Å². The molecule has 0 aliphatic heterocycles. The summed E-state index contributed by atoms with van der Waals surface area (Å²) < 4.78 is 10.5. The summed E-state index contributed by atoms with van der Waals surface area (Å²) in [6, 6.07) is 6.07. The molecule has 1 unspecified atom stereocenters. The summed E-state index contributed by atoms with van der Waals surface area (Å²) in [4.78, 5) is 0. The van der Waals surface area contributed by atoms with E-state index in [1.807, 2.05) is 18.2 Å². The predicted octanol–water partition coefficient (Wildman–Crippen LogP) is 1.62. The lowest BCUT2D eigenvalue weighted by atomic mass is 10.0. The van der Waals surface area contributed by atoms with Crippen LogP contribution >= 0.6 is 0 Å². The minimum atomic E-state index is 0.198. The molecule has 1 aliphatic rings. The molecule has 0 radical (unpaired) electrons. The summed E-state index contributed by atoms with van der Waals surface area (Å²) in [6.07, 6.45) is 2.46. The second-order valence-electron chi connectivity index (χ2n) is 4.13. The van der Waals surface area contributed by atoms with Gasteiger partial charge >= 0.3 is 0 Å². The summed E-state index contributed by atoms with van der Waals surface area (Å²) in [7, 11) is 3.31. The molecule has 1 fully saturated rings. The van der Waals surface area contributed by atoms with Crippen molar-refractivity contribution in [2.24, 2.45) is 11.8 Å². The molecule has 3 N–H and O–H groups in total. The zero-order chi connectivity index (χ0) is 11.5. The molecule has 0 bridgehead atoms. The maximum atomic E-state index is 5.60. The molecular formula is C12H18N2O2. The minimum absolute atomic E-state index is 0.198. The van der Waals surface area contributed by atoms with Gasteiger partial charge in [-0.1, -0.05) is 0 Å². The van der Waals surface area contributed by atoms with Crippen LogP contribution in [0.3, 0.4) is 0 Å². The normalized spacial score (nSPS) is 16.9. The van der Waals surface area contributed by atoms with Crippen molar-refractivity contribution in [2.45, 2.75) is 18.9 Å². The third-order valence-corrected chi connectivity index (χ3v) is 3.01. The highest BCUT2D eigenvalue weighted by atomic mass is 16.5. The molecule has 1 aliphatic carbocycles. The van der Waals surface area contributed by atoms with E-state index in [0.29, 0.717) is 5.92 Å². The molecule has 0 spiro atoms. The summed E-state index contributed by atoms with van der Waals surface area (Å²) in [5.74, 6) is 7.84. The maximum absolute atomic E-state index is 5.60. The van der Waals surface area contributed by atoms with Crippen molar-refractivity contribution in [2.75, 3.05) is 14.2 Å². The molecule has 0 amide bonds. The average Bonchev–Trinajstić information content (AvgIpc) is 3.14. The lowest BCUT2D eigenvalue weighted by Crippen LogP contribution is -2.29. The Morgan fingerprint density at radius 2 is 1.75 bits per heavy atom. The third kappa shape index (κ3) is 2.28. The van der Waals surface area contributed by atoms with E-state index in [1.165, 1.54) is 12.8 Å². The van der Waals surface area contributed by atoms with E-state index in [0.717, 1.165) is 17.1 Å². The summed E-state index contributed by atoms with van der Waals surface area (Å²) >= 11 is 0. The van der Waals surface area contributed by atoms with Crippen LogP contribution in [-0.4, -0.2) is 14.2 Å². The van der Waals surface area contributed by atoms with Crippen LogP contribution in [0.1, 0.15) is 24.4 Å².